The molecule has 0 saturated heterocycles. The number of hydrogen-bond acceptors (Lipinski definition) is 6. The summed E-state index contributed by atoms with van der Waals surface area (Å²) in [7, 11) is -1.79. The number of hydrogen-bond donors (Lipinski definition) is 0. The van der Waals surface area contributed by atoms with E-state index in [2.05, 4.69) is 9.97 Å². The molecule has 5 rings (SSSR count). The fraction of sp³-hybridized carbons (Fsp3) is 0.156. The van der Waals surface area contributed by atoms with Gasteiger partial charge in [-0.05, 0) is 85.1 Å². The molecule has 0 fully saturated rings. The van der Waals surface area contributed by atoms with Gasteiger partial charge in [-0.25, -0.2) is 8.42 Å². The molecule has 0 atom stereocenters. The van der Waals surface area contributed by atoms with Crippen LogP contribution in [0.15, 0.2) is 97.3 Å². The Balaban J connectivity index is 1.53. The van der Waals surface area contributed by atoms with Crippen molar-refractivity contribution in [1.82, 2.24) is 9.97 Å². The van der Waals surface area contributed by atoms with E-state index >= 15 is 0 Å². The summed E-state index contributed by atoms with van der Waals surface area (Å²) in [5.41, 5.74) is 5.91. The van der Waals surface area contributed by atoms with Gasteiger partial charge < -0.3 is 4.74 Å². The fourth-order valence-corrected chi connectivity index (χ4v) is 4.98. The normalized spacial score (nSPS) is 11.9. The highest BCUT2D eigenvalue weighted by Gasteiger charge is 2.33. The molecule has 196 valence electrons. The Hall–Kier alpha value is -4.36. The van der Waals surface area contributed by atoms with Crippen LogP contribution in [-0.4, -0.2) is 37.5 Å². The molecular weight excluding hydrogens is 508 g/mol. The van der Waals surface area contributed by atoms with Crippen molar-refractivity contribution in [3.8, 4) is 28.0 Å². The fourth-order valence-electron chi connectivity index (χ4n) is 4.43. The highest BCUT2D eigenvalue weighted by atomic mass is 32.2. The Morgan fingerprint density at radius 3 is 2.23 bits per heavy atom. The molecule has 0 amide bonds. The highest BCUT2D eigenvalue weighted by Crippen LogP contribution is 2.37. The highest BCUT2D eigenvalue weighted by molar-refractivity contribution is 7.91. The van der Waals surface area contributed by atoms with Crippen LogP contribution in [0.5, 0.6) is 5.75 Å². The summed E-state index contributed by atoms with van der Waals surface area (Å²) in [5, 5.41) is 0.871. The minimum absolute atomic E-state index is 0.166. The van der Waals surface area contributed by atoms with Gasteiger partial charge in [0, 0.05) is 40.7 Å². The van der Waals surface area contributed by atoms with E-state index < -0.39 is 14.6 Å². The lowest BCUT2D eigenvalue weighted by Crippen LogP contribution is -2.28. The van der Waals surface area contributed by atoms with Crippen LogP contribution in [0.2, 0.25) is 0 Å². The van der Waals surface area contributed by atoms with Crippen molar-refractivity contribution < 1.29 is 17.9 Å². The number of benzene rings is 3. The van der Waals surface area contributed by atoms with Crippen LogP contribution >= 0.6 is 0 Å². The molecular formula is C32H28N2O4S. The Morgan fingerprint density at radius 2 is 1.56 bits per heavy atom. The second kappa shape index (κ2) is 10.1. The summed E-state index contributed by atoms with van der Waals surface area (Å²) >= 11 is 0. The van der Waals surface area contributed by atoms with E-state index in [-0.39, 0.29) is 5.78 Å². The van der Waals surface area contributed by atoms with Crippen molar-refractivity contribution in [3.63, 3.8) is 0 Å². The van der Waals surface area contributed by atoms with E-state index in [0.29, 0.717) is 22.6 Å². The number of sulfone groups is 1. The number of nitrogens with zero attached hydrogens (tertiary/aromatic N) is 2. The zero-order chi connectivity index (χ0) is 27.8. The number of fused-ring (bicyclic) bond motifs is 1. The first-order valence-corrected chi connectivity index (χ1v) is 14.3. The molecule has 0 spiro atoms. The Labute approximate surface area is 228 Å². The van der Waals surface area contributed by atoms with Gasteiger partial charge in [0.25, 0.3) is 0 Å². The van der Waals surface area contributed by atoms with E-state index in [9.17, 15) is 13.2 Å². The number of aromatic nitrogens is 2. The zero-order valence-corrected chi connectivity index (χ0v) is 23.0. The topological polar surface area (TPSA) is 86.2 Å². The van der Waals surface area contributed by atoms with Crippen molar-refractivity contribution in [1.29, 1.82) is 0 Å². The van der Waals surface area contributed by atoms with Gasteiger partial charge in [0.05, 0.1) is 17.4 Å². The summed E-state index contributed by atoms with van der Waals surface area (Å²) in [6.45, 7) is 3.45. The lowest BCUT2D eigenvalue weighted by Gasteiger charge is -2.24. The molecule has 39 heavy (non-hydrogen) atoms. The molecule has 0 unspecified atom stereocenters. The van der Waals surface area contributed by atoms with E-state index in [1.165, 1.54) is 6.26 Å². The maximum absolute atomic E-state index is 12.9. The first-order valence-electron chi connectivity index (χ1n) is 12.4. The number of ether oxygens (including phenoxy) is 1. The number of carbonyl (C=O) groups is 1. The summed E-state index contributed by atoms with van der Waals surface area (Å²) in [6, 6.07) is 26.1. The number of ketones is 1. The number of methoxy groups -OCH3 is 1. The Morgan fingerprint density at radius 1 is 0.821 bits per heavy atom. The standard InChI is InChI=1S/C32H28N2O4S/c1-32(2,39(4,36)37)26-18-24-9-6-16-33-30(24)28(19-26)23-8-5-7-22(17-23)25-12-15-29(34-20-25)31(35)21-10-13-27(38-3)14-11-21/h5-20H,1-4H3. The minimum atomic E-state index is -3.37. The molecule has 5 aromatic rings. The van der Waals surface area contributed by atoms with Gasteiger partial charge in [0.2, 0.25) is 5.78 Å². The van der Waals surface area contributed by atoms with Gasteiger partial charge in [-0.2, -0.15) is 0 Å². The first kappa shape index (κ1) is 26.3. The SMILES string of the molecule is COc1ccc(C(=O)c2ccc(-c3cccc(-c4cc(C(C)(C)S(C)(=O)=O)cc5cccnc45)c3)cn2)cc1. The predicted molar refractivity (Wildman–Crippen MR) is 155 cm³/mol. The Bertz CT molecular complexity index is 1790. The van der Waals surface area contributed by atoms with Crippen molar-refractivity contribution in [2.24, 2.45) is 0 Å². The van der Waals surface area contributed by atoms with Crippen molar-refractivity contribution in [2.45, 2.75) is 18.6 Å². The third-order valence-electron chi connectivity index (χ3n) is 7.18. The summed E-state index contributed by atoms with van der Waals surface area (Å²) in [4.78, 5) is 21.9. The summed E-state index contributed by atoms with van der Waals surface area (Å²) < 4.78 is 29.3. The van der Waals surface area contributed by atoms with Crippen LogP contribution in [0, 0.1) is 0 Å². The van der Waals surface area contributed by atoms with Crippen molar-refractivity contribution >= 4 is 26.5 Å². The number of pyridine rings is 2. The first-order chi connectivity index (χ1) is 18.6. The molecule has 0 radical (unpaired) electrons. The third-order valence-corrected chi connectivity index (χ3v) is 9.27. The number of carbonyl (C=O) groups excluding carboxylic acids is 1. The zero-order valence-electron chi connectivity index (χ0n) is 22.2. The molecule has 0 aliphatic heterocycles. The van der Waals surface area contributed by atoms with Gasteiger partial charge in [-0.3, -0.25) is 14.8 Å². The molecule has 7 heteroatoms. The van der Waals surface area contributed by atoms with Gasteiger partial charge >= 0.3 is 0 Å². The molecule has 0 bridgehead atoms. The smallest absolute Gasteiger partial charge is 0.211 e. The molecule has 3 aromatic carbocycles. The average molecular weight is 537 g/mol. The predicted octanol–water partition coefficient (Wildman–Crippen LogP) is 6.48. The molecule has 0 saturated carbocycles. The molecule has 0 N–H and O–H groups in total. The average Bonchev–Trinajstić information content (AvgIpc) is 2.96. The molecule has 0 aliphatic carbocycles. The summed E-state index contributed by atoms with van der Waals surface area (Å²) in [6.07, 6.45) is 4.69. The lowest BCUT2D eigenvalue weighted by atomic mass is 9.92. The second-order valence-corrected chi connectivity index (χ2v) is 12.5. The maximum Gasteiger partial charge on any atom is 0.211 e. The van der Waals surface area contributed by atoms with Crippen molar-refractivity contribution in [3.05, 3.63) is 114 Å². The molecule has 0 aliphatic rings. The van der Waals surface area contributed by atoms with Gasteiger partial charge in [-0.1, -0.05) is 30.3 Å². The van der Waals surface area contributed by atoms with E-state index in [1.807, 2.05) is 54.6 Å². The van der Waals surface area contributed by atoms with Crippen LogP contribution in [0.25, 0.3) is 33.2 Å². The molecule has 2 heterocycles. The molecule has 2 aromatic heterocycles. The van der Waals surface area contributed by atoms with Crippen LogP contribution in [0.3, 0.4) is 0 Å². The van der Waals surface area contributed by atoms with Gasteiger partial charge in [-0.15, -0.1) is 0 Å². The van der Waals surface area contributed by atoms with E-state index in [1.54, 1.807) is 63.7 Å². The van der Waals surface area contributed by atoms with Gasteiger partial charge in [0.1, 0.15) is 11.4 Å². The van der Waals surface area contributed by atoms with Gasteiger partial charge in [0.15, 0.2) is 9.84 Å². The largest absolute Gasteiger partial charge is 0.497 e. The van der Waals surface area contributed by atoms with E-state index in [0.717, 1.165) is 33.2 Å². The molecule has 6 nitrogen and oxygen atoms in total. The van der Waals surface area contributed by atoms with Crippen LogP contribution < -0.4 is 4.74 Å². The maximum atomic E-state index is 12.9. The van der Waals surface area contributed by atoms with Crippen LogP contribution in [0.4, 0.5) is 0 Å². The van der Waals surface area contributed by atoms with Crippen molar-refractivity contribution in [2.75, 3.05) is 13.4 Å². The quantitative estimate of drug-likeness (QED) is 0.221. The lowest BCUT2D eigenvalue weighted by molar-refractivity contribution is 0.103. The number of rotatable bonds is 7. The van der Waals surface area contributed by atoms with E-state index in [4.69, 9.17) is 4.74 Å². The minimum Gasteiger partial charge on any atom is -0.497 e. The second-order valence-electron chi connectivity index (χ2n) is 9.95. The Kier molecular flexibility index (Phi) is 6.78. The van der Waals surface area contributed by atoms with Crippen LogP contribution in [-0.2, 0) is 14.6 Å². The monoisotopic (exact) mass is 536 g/mol. The summed E-state index contributed by atoms with van der Waals surface area (Å²) in [5.74, 6) is 0.518. The van der Waals surface area contributed by atoms with Crippen LogP contribution in [0.1, 0.15) is 35.5 Å². The third kappa shape index (κ3) is 5.05.